The Morgan fingerprint density at radius 3 is 2.62 bits per heavy atom. The summed E-state index contributed by atoms with van der Waals surface area (Å²) in [4.78, 5) is 20.9. The van der Waals surface area contributed by atoms with Gasteiger partial charge in [0.25, 0.3) is 0 Å². The van der Waals surface area contributed by atoms with E-state index >= 15 is 0 Å². The van der Waals surface area contributed by atoms with Crippen molar-refractivity contribution in [2.24, 2.45) is 13.0 Å². The van der Waals surface area contributed by atoms with Crippen LogP contribution in [0.1, 0.15) is 17.9 Å². The third-order valence-electron chi connectivity index (χ3n) is 4.87. The molecule has 4 rings (SSSR count). The van der Waals surface area contributed by atoms with Gasteiger partial charge < -0.3 is 9.30 Å². The normalized spacial score (nSPS) is 18.4. The van der Waals surface area contributed by atoms with Crippen LogP contribution in [0.15, 0.2) is 55.0 Å². The van der Waals surface area contributed by atoms with E-state index in [1.807, 2.05) is 48.0 Å². The van der Waals surface area contributed by atoms with Crippen LogP contribution in [-0.2, 0) is 11.8 Å². The summed E-state index contributed by atoms with van der Waals surface area (Å²) >= 11 is 0. The highest BCUT2D eigenvalue weighted by Gasteiger charge is 2.44. The Morgan fingerprint density at radius 2 is 1.92 bits per heavy atom. The number of nitrogens with zero attached hydrogens (tertiary/aromatic N) is 3. The van der Waals surface area contributed by atoms with Gasteiger partial charge in [0.2, 0.25) is 11.9 Å². The summed E-state index contributed by atoms with van der Waals surface area (Å²) in [5, 5.41) is 2.96. The second-order valence-electron chi connectivity index (χ2n) is 6.47. The number of hydrogen-bond acceptors (Lipinski definition) is 4. The second-order valence-corrected chi connectivity index (χ2v) is 6.47. The summed E-state index contributed by atoms with van der Waals surface area (Å²) in [5.41, 5.74) is 3.12. The molecular weight excluding hydrogens is 328 g/mol. The van der Waals surface area contributed by atoms with Crippen LogP contribution in [0.25, 0.3) is 11.3 Å². The lowest BCUT2D eigenvalue weighted by atomic mass is 10.1. The van der Waals surface area contributed by atoms with Gasteiger partial charge in [-0.05, 0) is 54.3 Å². The first-order valence-corrected chi connectivity index (χ1v) is 8.54. The minimum absolute atomic E-state index is 0.00136. The van der Waals surface area contributed by atoms with Crippen molar-refractivity contribution < 1.29 is 9.53 Å². The highest BCUT2D eigenvalue weighted by molar-refractivity contribution is 5.94. The van der Waals surface area contributed by atoms with Crippen LogP contribution in [0.4, 0.5) is 5.95 Å². The summed E-state index contributed by atoms with van der Waals surface area (Å²) in [6, 6.07) is 11.7. The zero-order valence-corrected chi connectivity index (χ0v) is 14.7. The SMILES string of the molecule is COc1ccc(-c2cnc(NC(=O)[C@@H]3C[C@H]3c3ccncc3)n2C)cc1. The number of nitrogens with one attached hydrogen (secondary N) is 1. The van der Waals surface area contributed by atoms with E-state index in [4.69, 9.17) is 4.74 Å². The Bertz CT molecular complexity index is 919. The highest BCUT2D eigenvalue weighted by Crippen LogP contribution is 2.47. The van der Waals surface area contributed by atoms with Crippen molar-refractivity contribution in [3.63, 3.8) is 0 Å². The lowest BCUT2D eigenvalue weighted by Crippen LogP contribution is -2.17. The second kappa shape index (κ2) is 6.63. The molecule has 132 valence electrons. The molecule has 0 spiro atoms. The molecule has 0 radical (unpaired) electrons. The van der Waals surface area contributed by atoms with Crippen LogP contribution in [0, 0.1) is 5.92 Å². The van der Waals surface area contributed by atoms with E-state index in [1.54, 1.807) is 25.7 Å². The largest absolute Gasteiger partial charge is 0.497 e. The van der Waals surface area contributed by atoms with E-state index < -0.39 is 0 Å². The van der Waals surface area contributed by atoms with Crippen LogP contribution in [-0.4, -0.2) is 27.6 Å². The molecule has 1 aliphatic rings. The summed E-state index contributed by atoms with van der Waals surface area (Å²) in [6.07, 6.45) is 6.17. The molecule has 1 saturated carbocycles. The Hall–Kier alpha value is -3.15. The molecule has 0 unspecified atom stereocenters. The van der Waals surface area contributed by atoms with Crippen LogP contribution in [0.5, 0.6) is 5.75 Å². The Kier molecular flexibility index (Phi) is 4.16. The maximum absolute atomic E-state index is 12.5. The molecule has 2 aromatic heterocycles. The van der Waals surface area contributed by atoms with Gasteiger partial charge in [-0.3, -0.25) is 15.1 Å². The lowest BCUT2D eigenvalue weighted by Gasteiger charge is -2.08. The molecule has 1 aliphatic carbocycles. The number of anilines is 1. The number of carbonyl (C=O) groups excluding carboxylic acids is 1. The third-order valence-corrected chi connectivity index (χ3v) is 4.87. The van der Waals surface area contributed by atoms with Gasteiger partial charge in [0, 0.05) is 30.9 Å². The summed E-state index contributed by atoms with van der Waals surface area (Å²) < 4.78 is 7.08. The fraction of sp³-hybridized carbons (Fsp3) is 0.250. The van der Waals surface area contributed by atoms with E-state index in [2.05, 4.69) is 15.3 Å². The van der Waals surface area contributed by atoms with E-state index in [0.717, 1.165) is 23.4 Å². The number of methoxy groups -OCH3 is 1. The van der Waals surface area contributed by atoms with E-state index in [9.17, 15) is 4.79 Å². The molecule has 6 heteroatoms. The standard InChI is InChI=1S/C20H20N4O2/c1-24-18(14-3-5-15(26-2)6-4-14)12-22-20(24)23-19(25)17-11-16(17)13-7-9-21-10-8-13/h3-10,12,16-17H,11H2,1-2H3,(H,22,23,25)/t16-,17+/m0/s1. The number of hydrogen-bond donors (Lipinski definition) is 1. The van der Waals surface area contributed by atoms with Crippen molar-refractivity contribution in [2.75, 3.05) is 12.4 Å². The number of imidazole rings is 1. The van der Waals surface area contributed by atoms with E-state index in [1.165, 1.54) is 5.56 Å². The van der Waals surface area contributed by atoms with Gasteiger partial charge in [0.05, 0.1) is 19.0 Å². The van der Waals surface area contributed by atoms with Gasteiger partial charge in [-0.1, -0.05) is 0 Å². The van der Waals surface area contributed by atoms with Gasteiger partial charge in [-0.2, -0.15) is 0 Å². The molecule has 0 aliphatic heterocycles. The van der Waals surface area contributed by atoms with Gasteiger partial charge in [0.15, 0.2) is 0 Å². The molecular formula is C20H20N4O2. The molecule has 3 aromatic rings. The predicted molar refractivity (Wildman–Crippen MR) is 98.9 cm³/mol. The summed E-state index contributed by atoms with van der Waals surface area (Å²) in [5.74, 6) is 1.65. The topological polar surface area (TPSA) is 69.0 Å². The molecule has 1 fully saturated rings. The van der Waals surface area contributed by atoms with Crippen molar-refractivity contribution >= 4 is 11.9 Å². The number of aromatic nitrogens is 3. The zero-order chi connectivity index (χ0) is 18.1. The molecule has 1 amide bonds. The molecule has 1 N–H and O–H groups in total. The summed E-state index contributed by atoms with van der Waals surface area (Å²) in [6.45, 7) is 0. The highest BCUT2D eigenvalue weighted by atomic mass is 16.5. The van der Waals surface area contributed by atoms with Crippen molar-refractivity contribution in [1.29, 1.82) is 0 Å². The first kappa shape index (κ1) is 16.3. The average molecular weight is 348 g/mol. The molecule has 26 heavy (non-hydrogen) atoms. The van der Waals surface area contributed by atoms with Crippen LogP contribution >= 0.6 is 0 Å². The van der Waals surface area contributed by atoms with Crippen molar-refractivity contribution in [1.82, 2.24) is 14.5 Å². The first-order valence-electron chi connectivity index (χ1n) is 8.54. The number of carbonyl (C=O) groups is 1. The number of ether oxygens (including phenoxy) is 1. The van der Waals surface area contributed by atoms with Gasteiger partial charge >= 0.3 is 0 Å². The van der Waals surface area contributed by atoms with Crippen molar-refractivity contribution in [3.05, 3.63) is 60.6 Å². The molecule has 0 bridgehead atoms. The Labute approximate surface area is 151 Å². The molecule has 1 aromatic carbocycles. The smallest absolute Gasteiger partial charge is 0.230 e. The maximum atomic E-state index is 12.5. The third kappa shape index (κ3) is 3.06. The van der Waals surface area contributed by atoms with Crippen LogP contribution in [0.3, 0.4) is 0 Å². The predicted octanol–water partition coefficient (Wildman–Crippen LogP) is 3.23. The minimum Gasteiger partial charge on any atom is -0.497 e. The maximum Gasteiger partial charge on any atom is 0.230 e. The van der Waals surface area contributed by atoms with Crippen LogP contribution < -0.4 is 10.1 Å². The number of pyridine rings is 1. The zero-order valence-electron chi connectivity index (χ0n) is 14.7. The van der Waals surface area contributed by atoms with Gasteiger partial charge in [0.1, 0.15) is 5.75 Å². The Morgan fingerprint density at radius 1 is 1.19 bits per heavy atom. The fourth-order valence-corrected chi connectivity index (χ4v) is 3.22. The van der Waals surface area contributed by atoms with E-state index in [-0.39, 0.29) is 17.7 Å². The quantitative estimate of drug-likeness (QED) is 0.768. The average Bonchev–Trinajstić information content (AvgIpc) is 3.42. The molecule has 2 atom stereocenters. The monoisotopic (exact) mass is 348 g/mol. The van der Waals surface area contributed by atoms with Crippen LogP contribution in [0.2, 0.25) is 0 Å². The molecule has 0 saturated heterocycles. The molecule has 2 heterocycles. The number of benzene rings is 1. The van der Waals surface area contributed by atoms with E-state index in [0.29, 0.717) is 5.95 Å². The number of rotatable bonds is 5. The molecule has 6 nitrogen and oxygen atoms in total. The van der Waals surface area contributed by atoms with Crippen molar-refractivity contribution in [3.8, 4) is 17.0 Å². The summed E-state index contributed by atoms with van der Waals surface area (Å²) in [7, 11) is 3.54. The fourth-order valence-electron chi connectivity index (χ4n) is 3.22. The van der Waals surface area contributed by atoms with Gasteiger partial charge in [-0.15, -0.1) is 0 Å². The minimum atomic E-state index is -0.00136. The van der Waals surface area contributed by atoms with Gasteiger partial charge in [-0.25, -0.2) is 4.98 Å². The Balaban J connectivity index is 1.46. The first-order chi connectivity index (χ1) is 12.7. The van der Waals surface area contributed by atoms with Crippen molar-refractivity contribution in [2.45, 2.75) is 12.3 Å². The lowest BCUT2D eigenvalue weighted by molar-refractivity contribution is -0.117. The number of amides is 1.